The van der Waals surface area contributed by atoms with Gasteiger partial charge in [-0.15, -0.1) is 0 Å². The quantitative estimate of drug-likeness (QED) is 0.769. The van der Waals surface area contributed by atoms with Crippen molar-refractivity contribution in [2.24, 2.45) is 0 Å². The minimum absolute atomic E-state index is 0.199. The first kappa shape index (κ1) is 20.2. The molecule has 0 saturated heterocycles. The topological polar surface area (TPSA) is 69.3 Å². The van der Waals surface area contributed by atoms with Gasteiger partial charge in [0.05, 0.1) is 35.0 Å². The molecule has 2 rings (SSSR count). The molecule has 2 aromatic carbocycles. The summed E-state index contributed by atoms with van der Waals surface area (Å²) in [5.41, 5.74) is 1.77. The fourth-order valence-electron chi connectivity index (χ4n) is 2.71. The number of carbonyl (C=O) groups excluding carboxylic acids is 1. The van der Waals surface area contributed by atoms with E-state index >= 15 is 0 Å². The molecule has 0 bridgehead atoms. The molecule has 2 aromatic rings. The summed E-state index contributed by atoms with van der Waals surface area (Å²) in [7, 11) is 8.01. The van der Waals surface area contributed by atoms with Crippen molar-refractivity contribution in [1.29, 1.82) is 0 Å². The molecule has 0 aromatic heterocycles. The predicted octanol–water partition coefficient (Wildman–Crippen LogP) is 3.06. The molecule has 7 nitrogen and oxygen atoms in total. The molecule has 146 valence electrons. The van der Waals surface area contributed by atoms with Crippen LogP contribution in [0.1, 0.15) is 11.1 Å². The molecule has 0 atom stereocenters. The molecular formula is C20H26N2O5. The summed E-state index contributed by atoms with van der Waals surface area (Å²) in [5.74, 6) is 2.38. The van der Waals surface area contributed by atoms with E-state index in [-0.39, 0.29) is 6.03 Å². The lowest BCUT2D eigenvalue weighted by atomic mass is 10.1. The van der Waals surface area contributed by atoms with Crippen LogP contribution in [0.3, 0.4) is 0 Å². The van der Waals surface area contributed by atoms with Crippen molar-refractivity contribution in [3.63, 3.8) is 0 Å². The number of amides is 2. The predicted molar refractivity (Wildman–Crippen MR) is 103 cm³/mol. The lowest BCUT2D eigenvalue weighted by molar-refractivity contribution is 0.205. The van der Waals surface area contributed by atoms with Crippen molar-refractivity contribution >= 4 is 6.03 Å². The van der Waals surface area contributed by atoms with Crippen LogP contribution in [0.4, 0.5) is 4.79 Å². The second kappa shape index (κ2) is 9.56. The number of methoxy groups -OCH3 is 4. The summed E-state index contributed by atoms with van der Waals surface area (Å²) in [4.78, 5) is 14.0. The molecule has 1 N–H and O–H groups in total. The lowest BCUT2D eigenvalue weighted by Crippen LogP contribution is -2.36. The average molecular weight is 374 g/mol. The van der Waals surface area contributed by atoms with E-state index in [1.54, 1.807) is 46.5 Å². The van der Waals surface area contributed by atoms with Gasteiger partial charge in [0.2, 0.25) is 5.75 Å². The normalized spacial score (nSPS) is 10.1. The molecule has 0 aliphatic rings. The summed E-state index contributed by atoms with van der Waals surface area (Å²) in [6.07, 6.45) is 0. The number of carbonyl (C=O) groups is 1. The standard InChI is InChI=1S/C20H26N2O5/c1-22(20(23)21-12-14-7-6-8-16(11-14)24-2)13-15-9-10-17(25-3)19(27-5)18(15)26-4/h6-11H,12-13H2,1-5H3,(H,21,23). The molecular weight excluding hydrogens is 348 g/mol. The number of benzene rings is 2. The molecule has 0 spiro atoms. The minimum atomic E-state index is -0.199. The number of urea groups is 1. The number of nitrogens with zero attached hydrogens (tertiary/aromatic N) is 1. The van der Waals surface area contributed by atoms with Gasteiger partial charge in [-0.1, -0.05) is 12.1 Å². The first-order valence-electron chi connectivity index (χ1n) is 8.43. The van der Waals surface area contributed by atoms with Crippen LogP contribution in [0.2, 0.25) is 0 Å². The van der Waals surface area contributed by atoms with E-state index in [4.69, 9.17) is 18.9 Å². The van der Waals surface area contributed by atoms with Crippen molar-refractivity contribution in [3.8, 4) is 23.0 Å². The highest BCUT2D eigenvalue weighted by atomic mass is 16.5. The third kappa shape index (κ3) is 4.97. The molecule has 7 heteroatoms. The monoisotopic (exact) mass is 374 g/mol. The van der Waals surface area contributed by atoms with Gasteiger partial charge in [-0.2, -0.15) is 0 Å². The second-order valence-electron chi connectivity index (χ2n) is 5.86. The Balaban J connectivity index is 2.05. The summed E-state index contributed by atoms with van der Waals surface area (Å²) in [6, 6.07) is 11.0. The van der Waals surface area contributed by atoms with Crippen molar-refractivity contribution in [2.75, 3.05) is 35.5 Å². The van der Waals surface area contributed by atoms with E-state index in [0.29, 0.717) is 30.3 Å². The zero-order valence-electron chi connectivity index (χ0n) is 16.4. The first-order valence-corrected chi connectivity index (χ1v) is 8.43. The Morgan fingerprint density at radius 2 is 1.70 bits per heavy atom. The molecule has 27 heavy (non-hydrogen) atoms. The maximum absolute atomic E-state index is 12.4. The molecule has 0 aliphatic carbocycles. The largest absolute Gasteiger partial charge is 0.497 e. The average Bonchev–Trinajstić information content (AvgIpc) is 2.71. The highest BCUT2D eigenvalue weighted by molar-refractivity contribution is 5.74. The summed E-state index contributed by atoms with van der Waals surface area (Å²) in [6.45, 7) is 0.761. The number of nitrogens with one attached hydrogen (secondary N) is 1. The SMILES string of the molecule is COc1cccc(CNC(=O)N(C)Cc2ccc(OC)c(OC)c2OC)c1. The summed E-state index contributed by atoms with van der Waals surface area (Å²) < 4.78 is 21.3. The van der Waals surface area contributed by atoms with Crippen LogP contribution in [0.5, 0.6) is 23.0 Å². The van der Waals surface area contributed by atoms with Crippen LogP contribution in [-0.2, 0) is 13.1 Å². The smallest absolute Gasteiger partial charge is 0.317 e. The van der Waals surface area contributed by atoms with Gasteiger partial charge >= 0.3 is 6.03 Å². The van der Waals surface area contributed by atoms with E-state index in [2.05, 4.69) is 5.32 Å². The van der Waals surface area contributed by atoms with Crippen LogP contribution in [0.25, 0.3) is 0 Å². The molecule has 2 amide bonds. The van der Waals surface area contributed by atoms with Crippen LogP contribution >= 0.6 is 0 Å². The molecule has 0 aliphatic heterocycles. The van der Waals surface area contributed by atoms with Crippen molar-refractivity contribution in [1.82, 2.24) is 10.2 Å². The summed E-state index contributed by atoms with van der Waals surface area (Å²) >= 11 is 0. The van der Waals surface area contributed by atoms with E-state index in [0.717, 1.165) is 16.9 Å². The van der Waals surface area contributed by atoms with Gasteiger partial charge in [-0.3, -0.25) is 0 Å². The van der Waals surface area contributed by atoms with Gasteiger partial charge < -0.3 is 29.2 Å². The third-order valence-electron chi connectivity index (χ3n) is 4.12. The molecule has 0 heterocycles. The van der Waals surface area contributed by atoms with E-state index in [9.17, 15) is 4.79 Å². The second-order valence-corrected chi connectivity index (χ2v) is 5.86. The lowest BCUT2D eigenvalue weighted by Gasteiger charge is -2.21. The Morgan fingerprint density at radius 3 is 2.33 bits per heavy atom. The van der Waals surface area contributed by atoms with E-state index in [1.165, 1.54) is 0 Å². The van der Waals surface area contributed by atoms with E-state index in [1.807, 2.05) is 30.3 Å². The number of rotatable bonds is 8. The Morgan fingerprint density at radius 1 is 0.963 bits per heavy atom. The maximum Gasteiger partial charge on any atom is 0.317 e. The highest BCUT2D eigenvalue weighted by Gasteiger charge is 2.18. The molecule has 0 unspecified atom stereocenters. The van der Waals surface area contributed by atoms with Gasteiger partial charge in [0, 0.05) is 19.2 Å². The van der Waals surface area contributed by atoms with Crippen LogP contribution < -0.4 is 24.3 Å². The third-order valence-corrected chi connectivity index (χ3v) is 4.12. The van der Waals surface area contributed by atoms with Crippen molar-refractivity contribution in [2.45, 2.75) is 13.1 Å². The van der Waals surface area contributed by atoms with Gasteiger partial charge in [0.15, 0.2) is 11.5 Å². The van der Waals surface area contributed by atoms with Crippen LogP contribution in [-0.4, -0.2) is 46.4 Å². The van der Waals surface area contributed by atoms with Gasteiger partial charge in [0.25, 0.3) is 0 Å². The van der Waals surface area contributed by atoms with Crippen LogP contribution in [0.15, 0.2) is 36.4 Å². The maximum atomic E-state index is 12.4. The van der Waals surface area contributed by atoms with Crippen molar-refractivity contribution in [3.05, 3.63) is 47.5 Å². The molecule has 0 saturated carbocycles. The van der Waals surface area contributed by atoms with Gasteiger partial charge in [0.1, 0.15) is 5.75 Å². The first-order chi connectivity index (χ1) is 13.0. The zero-order chi connectivity index (χ0) is 19.8. The summed E-state index contributed by atoms with van der Waals surface area (Å²) in [5, 5.41) is 2.89. The Bertz CT molecular complexity index is 779. The fraction of sp³-hybridized carbons (Fsp3) is 0.350. The number of hydrogen-bond donors (Lipinski definition) is 1. The van der Waals surface area contributed by atoms with Crippen molar-refractivity contribution < 1.29 is 23.7 Å². The Labute approximate surface area is 159 Å². The fourth-order valence-corrected chi connectivity index (χ4v) is 2.71. The van der Waals surface area contributed by atoms with Crippen LogP contribution in [0, 0.1) is 0 Å². The molecule has 0 radical (unpaired) electrons. The van der Waals surface area contributed by atoms with Gasteiger partial charge in [-0.05, 0) is 29.8 Å². The van der Waals surface area contributed by atoms with E-state index < -0.39 is 0 Å². The Kier molecular flexibility index (Phi) is 7.16. The molecule has 0 fully saturated rings. The zero-order valence-corrected chi connectivity index (χ0v) is 16.4. The number of hydrogen-bond acceptors (Lipinski definition) is 5. The van der Waals surface area contributed by atoms with Gasteiger partial charge in [-0.25, -0.2) is 4.79 Å². The highest BCUT2D eigenvalue weighted by Crippen LogP contribution is 2.40. The minimum Gasteiger partial charge on any atom is -0.497 e. The number of ether oxygens (including phenoxy) is 4. The Hall–Kier alpha value is -3.09.